The van der Waals surface area contributed by atoms with Crippen molar-refractivity contribution in [3.05, 3.63) is 66.1 Å². The summed E-state index contributed by atoms with van der Waals surface area (Å²) < 4.78 is 7.48. The molecule has 0 bridgehead atoms. The van der Waals surface area contributed by atoms with Crippen LogP contribution >= 0.6 is 0 Å². The topological polar surface area (TPSA) is 55.6 Å². The summed E-state index contributed by atoms with van der Waals surface area (Å²) in [5, 5.41) is 2.90. The zero-order valence-corrected chi connectivity index (χ0v) is 14.4. The summed E-state index contributed by atoms with van der Waals surface area (Å²) in [5.74, 6) is 0.668. The number of hydrogen-bond acceptors (Lipinski definition) is 3. The molecular weight excluding hydrogens is 314 g/mol. The molecule has 2 heterocycles. The fourth-order valence-electron chi connectivity index (χ4n) is 2.50. The molecule has 1 amide bonds. The van der Waals surface area contributed by atoms with Crippen LogP contribution < -0.4 is 10.1 Å². The fraction of sp³-hybridized carbons (Fsp3) is 0.200. The van der Waals surface area contributed by atoms with Gasteiger partial charge in [0.15, 0.2) is 0 Å². The number of ether oxygens (including phenoxy) is 1. The predicted octanol–water partition coefficient (Wildman–Crippen LogP) is 4.08. The van der Waals surface area contributed by atoms with Gasteiger partial charge in [0.25, 0.3) is 0 Å². The Morgan fingerprint density at radius 2 is 2.04 bits per heavy atom. The van der Waals surface area contributed by atoms with Crippen LogP contribution in [0, 0.1) is 6.92 Å². The lowest BCUT2D eigenvalue weighted by Gasteiger charge is -2.08. The van der Waals surface area contributed by atoms with Crippen molar-refractivity contribution in [1.29, 1.82) is 0 Å². The minimum Gasteiger partial charge on any atom is -0.494 e. The number of carbonyl (C=O) groups excluding carboxylic acids is 1. The molecule has 0 aliphatic carbocycles. The molecule has 0 saturated carbocycles. The molecule has 5 heteroatoms. The maximum Gasteiger partial charge on any atom is 0.248 e. The van der Waals surface area contributed by atoms with E-state index in [0.717, 1.165) is 34.8 Å². The molecule has 0 aliphatic heterocycles. The van der Waals surface area contributed by atoms with Gasteiger partial charge in [-0.05, 0) is 49.2 Å². The fourth-order valence-corrected chi connectivity index (χ4v) is 2.50. The van der Waals surface area contributed by atoms with Crippen molar-refractivity contribution in [2.75, 3.05) is 11.9 Å². The van der Waals surface area contributed by atoms with E-state index in [0.29, 0.717) is 6.61 Å². The molecule has 0 fully saturated rings. The summed E-state index contributed by atoms with van der Waals surface area (Å²) >= 11 is 0. The van der Waals surface area contributed by atoms with Gasteiger partial charge in [-0.2, -0.15) is 0 Å². The molecule has 2 aromatic heterocycles. The van der Waals surface area contributed by atoms with Crippen molar-refractivity contribution < 1.29 is 9.53 Å². The number of aromatic nitrogens is 2. The molecule has 0 atom stereocenters. The second-order valence-electron chi connectivity index (χ2n) is 5.73. The standard InChI is InChI=1S/C20H21N3O2/c1-3-14-25-17-7-4-16(5-8-17)6-11-20(24)22-18-9-10-19-21-12-13-23(19)15(18)2/h4-13H,3,14H2,1-2H3,(H,22,24)/b11-6+. The Morgan fingerprint density at radius 3 is 2.80 bits per heavy atom. The molecule has 1 aromatic carbocycles. The van der Waals surface area contributed by atoms with Gasteiger partial charge in [0.2, 0.25) is 5.91 Å². The van der Waals surface area contributed by atoms with E-state index < -0.39 is 0 Å². The van der Waals surface area contributed by atoms with Crippen LogP contribution in [0.2, 0.25) is 0 Å². The highest BCUT2D eigenvalue weighted by Crippen LogP contribution is 2.17. The van der Waals surface area contributed by atoms with Crippen LogP contribution in [-0.4, -0.2) is 21.9 Å². The number of pyridine rings is 1. The van der Waals surface area contributed by atoms with Crippen LogP contribution in [0.5, 0.6) is 5.75 Å². The SMILES string of the molecule is CCCOc1ccc(/C=C/C(=O)Nc2ccc3nccn3c2C)cc1. The van der Waals surface area contributed by atoms with E-state index in [-0.39, 0.29) is 5.91 Å². The van der Waals surface area contributed by atoms with E-state index in [1.54, 1.807) is 12.3 Å². The van der Waals surface area contributed by atoms with Gasteiger partial charge < -0.3 is 14.5 Å². The van der Waals surface area contributed by atoms with E-state index in [1.165, 1.54) is 6.08 Å². The number of nitrogens with zero attached hydrogens (tertiary/aromatic N) is 2. The maximum atomic E-state index is 12.2. The van der Waals surface area contributed by atoms with E-state index in [4.69, 9.17) is 4.74 Å². The lowest BCUT2D eigenvalue weighted by Crippen LogP contribution is -2.10. The minimum atomic E-state index is -0.172. The third-order valence-electron chi connectivity index (χ3n) is 3.86. The number of nitrogens with one attached hydrogen (secondary N) is 1. The first-order valence-electron chi connectivity index (χ1n) is 8.32. The van der Waals surface area contributed by atoms with Gasteiger partial charge in [-0.25, -0.2) is 4.98 Å². The molecule has 0 aliphatic rings. The average molecular weight is 335 g/mol. The Labute approximate surface area is 147 Å². The molecule has 0 unspecified atom stereocenters. The van der Waals surface area contributed by atoms with Crippen LogP contribution in [0.25, 0.3) is 11.7 Å². The zero-order valence-electron chi connectivity index (χ0n) is 14.4. The number of carbonyl (C=O) groups is 1. The van der Waals surface area contributed by atoms with Gasteiger partial charge in [-0.1, -0.05) is 19.1 Å². The van der Waals surface area contributed by atoms with Crippen LogP contribution in [0.15, 0.2) is 54.9 Å². The quantitative estimate of drug-likeness (QED) is 0.691. The monoisotopic (exact) mass is 335 g/mol. The second-order valence-corrected chi connectivity index (χ2v) is 5.73. The minimum absolute atomic E-state index is 0.172. The molecule has 25 heavy (non-hydrogen) atoms. The Morgan fingerprint density at radius 1 is 1.24 bits per heavy atom. The Balaban J connectivity index is 1.65. The first-order chi connectivity index (χ1) is 12.2. The van der Waals surface area contributed by atoms with Crippen molar-refractivity contribution in [1.82, 2.24) is 9.38 Å². The predicted molar refractivity (Wildman–Crippen MR) is 99.8 cm³/mol. The highest BCUT2D eigenvalue weighted by molar-refractivity contribution is 6.02. The first-order valence-corrected chi connectivity index (χ1v) is 8.32. The van der Waals surface area contributed by atoms with Gasteiger partial charge in [-0.15, -0.1) is 0 Å². The summed E-state index contributed by atoms with van der Waals surface area (Å²) in [5.41, 5.74) is 3.51. The highest BCUT2D eigenvalue weighted by atomic mass is 16.5. The Hall–Kier alpha value is -3.08. The zero-order chi connectivity index (χ0) is 17.6. The van der Waals surface area contributed by atoms with Crippen molar-refractivity contribution in [3.63, 3.8) is 0 Å². The van der Waals surface area contributed by atoms with Crippen molar-refractivity contribution in [2.45, 2.75) is 20.3 Å². The third kappa shape index (κ3) is 4.07. The summed E-state index contributed by atoms with van der Waals surface area (Å²) in [6.45, 7) is 4.73. The number of anilines is 1. The smallest absolute Gasteiger partial charge is 0.248 e. The van der Waals surface area contributed by atoms with Gasteiger partial charge in [0, 0.05) is 24.2 Å². The molecule has 0 saturated heterocycles. The van der Waals surface area contributed by atoms with Crippen molar-refractivity contribution >= 4 is 23.3 Å². The second kappa shape index (κ2) is 7.66. The maximum absolute atomic E-state index is 12.2. The number of rotatable bonds is 6. The molecule has 3 aromatic rings. The average Bonchev–Trinajstić information content (AvgIpc) is 3.11. The van der Waals surface area contributed by atoms with E-state index in [9.17, 15) is 4.79 Å². The summed E-state index contributed by atoms with van der Waals surface area (Å²) in [6.07, 6.45) is 7.90. The van der Waals surface area contributed by atoms with Crippen LogP contribution in [0.1, 0.15) is 24.6 Å². The van der Waals surface area contributed by atoms with Crippen molar-refractivity contribution in [2.24, 2.45) is 0 Å². The van der Waals surface area contributed by atoms with Crippen LogP contribution in [0.3, 0.4) is 0 Å². The number of fused-ring (bicyclic) bond motifs is 1. The Bertz CT molecular complexity index is 895. The summed E-state index contributed by atoms with van der Waals surface area (Å²) in [7, 11) is 0. The van der Waals surface area contributed by atoms with Gasteiger partial charge in [-0.3, -0.25) is 4.79 Å². The normalized spacial score (nSPS) is 11.1. The number of aryl methyl sites for hydroxylation is 1. The summed E-state index contributed by atoms with van der Waals surface area (Å²) in [6, 6.07) is 11.4. The first kappa shape index (κ1) is 16.8. The number of hydrogen-bond donors (Lipinski definition) is 1. The molecule has 3 rings (SSSR count). The highest BCUT2D eigenvalue weighted by Gasteiger charge is 2.05. The van der Waals surface area contributed by atoms with E-state index >= 15 is 0 Å². The third-order valence-corrected chi connectivity index (χ3v) is 3.86. The lowest BCUT2D eigenvalue weighted by atomic mass is 10.2. The lowest BCUT2D eigenvalue weighted by molar-refractivity contribution is -0.111. The molecule has 0 spiro atoms. The van der Waals surface area contributed by atoms with Crippen molar-refractivity contribution in [3.8, 4) is 5.75 Å². The molecule has 5 nitrogen and oxygen atoms in total. The largest absolute Gasteiger partial charge is 0.494 e. The van der Waals surface area contributed by atoms with E-state index in [2.05, 4.69) is 17.2 Å². The molecule has 128 valence electrons. The van der Waals surface area contributed by atoms with Gasteiger partial charge in [0.05, 0.1) is 12.3 Å². The number of imidazole rings is 1. The molecule has 1 N–H and O–H groups in total. The van der Waals surface area contributed by atoms with E-state index in [1.807, 2.05) is 53.9 Å². The Kier molecular flexibility index (Phi) is 5.14. The number of amides is 1. The number of benzene rings is 1. The van der Waals surface area contributed by atoms with Gasteiger partial charge >= 0.3 is 0 Å². The van der Waals surface area contributed by atoms with Crippen LogP contribution in [-0.2, 0) is 4.79 Å². The molecule has 0 radical (unpaired) electrons. The van der Waals surface area contributed by atoms with Gasteiger partial charge in [0.1, 0.15) is 11.4 Å². The molecular formula is C20H21N3O2. The van der Waals surface area contributed by atoms with Crippen LogP contribution in [0.4, 0.5) is 5.69 Å². The summed E-state index contributed by atoms with van der Waals surface area (Å²) in [4.78, 5) is 16.4.